The number of benzene rings is 1. The van der Waals surface area contributed by atoms with E-state index in [2.05, 4.69) is 17.6 Å². The zero-order chi connectivity index (χ0) is 15.2. The normalized spacial score (nSPS) is 22.1. The van der Waals surface area contributed by atoms with Crippen LogP contribution in [0.1, 0.15) is 37.6 Å². The van der Waals surface area contributed by atoms with Crippen molar-refractivity contribution < 1.29 is 9.53 Å². The van der Waals surface area contributed by atoms with E-state index < -0.39 is 0 Å². The first-order chi connectivity index (χ1) is 10.1. The molecular weight excluding hydrogens is 264 g/mol. The Hall–Kier alpha value is -1.55. The van der Waals surface area contributed by atoms with Gasteiger partial charge in [0.1, 0.15) is 5.75 Å². The molecule has 1 saturated heterocycles. The van der Waals surface area contributed by atoms with Crippen molar-refractivity contribution >= 4 is 5.91 Å². The molecule has 0 radical (unpaired) electrons. The van der Waals surface area contributed by atoms with Crippen LogP contribution >= 0.6 is 0 Å². The van der Waals surface area contributed by atoms with E-state index in [1.165, 1.54) is 0 Å². The molecule has 1 amide bonds. The molecule has 116 valence electrons. The summed E-state index contributed by atoms with van der Waals surface area (Å²) >= 11 is 0. The van der Waals surface area contributed by atoms with Crippen LogP contribution in [0.3, 0.4) is 0 Å². The second kappa shape index (κ2) is 7.46. The van der Waals surface area contributed by atoms with Gasteiger partial charge in [-0.1, -0.05) is 13.0 Å². The van der Waals surface area contributed by atoms with Gasteiger partial charge in [0, 0.05) is 12.1 Å². The molecule has 2 unspecified atom stereocenters. The molecule has 0 spiro atoms. The summed E-state index contributed by atoms with van der Waals surface area (Å²) in [5.74, 6) is 1.89. The second-order valence-electron chi connectivity index (χ2n) is 6.13. The quantitative estimate of drug-likeness (QED) is 0.876. The standard InChI is InChI=1S/C17H26N2O2/c1-12(2)21-16-6-4-5-14(9-16)17(20)19-11-15-7-8-18-10-13(15)3/h4-6,9,12-13,15,18H,7-8,10-11H2,1-3H3,(H,19,20). The number of ether oxygens (including phenoxy) is 1. The third-order valence-corrected chi connectivity index (χ3v) is 3.96. The van der Waals surface area contributed by atoms with Gasteiger partial charge >= 0.3 is 0 Å². The van der Waals surface area contributed by atoms with Gasteiger partial charge in [-0.2, -0.15) is 0 Å². The lowest BCUT2D eigenvalue weighted by Crippen LogP contribution is -2.41. The minimum Gasteiger partial charge on any atom is -0.491 e. The van der Waals surface area contributed by atoms with Crippen LogP contribution in [0.2, 0.25) is 0 Å². The van der Waals surface area contributed by atoms with Gasteiger partial charge in [-0.25, -0.2) is 0 Å². The molecule has 21 heavy (non-hydrogen) atoms. The molecule has 4 heteroatoms. The van der Waals surface area contributed by atoms with Gasteiger partial charge in [-0.3, -0.25) is 4.79 Å². The highest BCUT2D eigenvalue weighted by Gasteiger charge is 2.21. The van der Waals surface area contributed by atoms with E-state index >= 15 is 0 Å². The molecule has 0 aromatic heterocycles. The molecular formula is C17H26N2O2. The Bertz CT molecular complexity index is 474. The summed E-state index contributed by atoms with van der Waals surface area (Å²) in [6.07, 6.45) is 1.23. The number of carbonyl (C=O) groups is 1. The fraction of sp³-hybridized carbons (Fsp3) is 0.588. The third-order valence-electron chi connectivity index (χ3n) is 3.96. The summed E-state index contributed by atoms with van der Waals surface area (Å²) < 4.78 is 5.63. The summed E-state index contributed by atoms with van der Waals surface area (Å²) in [4.78, 5) is 12.2. The van der Waals surface area contributed by atoms with Crippen molar-refractivity contribution in [2.24, 2.45) is 11.8 Å². The first-order valence-electron chi connectivity index (χ1n) is 7.82. The van der Waals surface area contributed by atoms with Crippen LogP contribution < -0.4 is 15.4 Å². The van der Waals surface area contributed by atoms with Crippen LogP contribution in [0.4, 0.5) is 0 Å². The third kappa shape index (κ3) is 4.74. The Morgan fingerprint density at radius 2 is 2.29 bits per heavy atom. The number of hydrogen-bond donors (Lipinski definition) is 2. The van der Waals surface area contributed by atoms with E-state index in [-0.39, 0.29) is 12.0 Å². The Balaban J connectivity index is 1.90. The van der Waals surface area contributed by atoms with Crippen molar-refractivity contribution in [2.75, 3.05) is 19.6 Å². The maximum Gasteiger partial charge on any atom is 0.251 e. The number of piperidine rings is 1. The average Bonchev–Trinajstić information content (AvgIpc) is 2.45. The van der Waals surface area contributed by atoms with Gasteiger partial charge in [0.15, 0.2) is 0 Å². The van der Waals surface area contributed by atoms with Crippen molar-refractivity contribution in [1.29, 1.82) is 0 Å². The summed E-state index contributed by atoms with van der Waals surface area (Å²) in [5.41, 5.74) is 0.662. The SMILES string of the molecule is CC(C)Oc1cccc(C(=O)NCC2CCNCC2C)c1. The molecule has 0 aliphatic carbocycles. The fourth-order valence-corrected chi connectivity index (χ4v) is 2.68. The van der Waals surface area contributed by atoms with Crippen molar-refractivity contribution in [1.82, 2.24) is 10.6 Å². The van der Waals surface area contributed by atoms with Crippen LogP contribution in [0, 0.1) is 11.8 Å². The maximum atomic E-state index is 12.2. The highest BCUT2D eigenvalue weighted by molar-refractivity contribution is 5.94. The number of amides is 1. The average molecular weight is 290 g/mol. The molecule has 1 aromatic carbocycles. The van der Waals surface area contributed by atoms with Crippen molar-refractivity contribution in [3.8, 4) is 5.75 Å². The Morgan fingerprint density at radius 1 is 1.48 bits per heavy atom. The summed E-state index contributed by atoms with van der Waals surface area (Å²) in [6, 6.07) is 7.38. The van der Waals surface area contributed by atoms with Gasteiger partial charge in [-0.05, 0) is 63.4 Å². The van der Waals surface area contributed by atoms with Gasteiger partial charge in [-0.15, -0.1) is 0 Å². The molecule has 1 fully saturated rings. The molecule has 1 aliphatic heterocycles. The van der Waals surface area contributed by atoms with E-state index in [0.717, 1.165) is 31.8 Å². The van der Waals surface area contributed by atoms with Crippen LogP contribution in [-0.4, -0.2) is 31.6 Å². The van der Waals surface area contributed by atoms with Crippen molar-refractivity contribution in [3.63, 3.8) is 0 Å². The van der Waals surface area contributed by atoms with Crippen LogP contribution in [-0.2, 0) is 0 Å². The highest BCUT2D eigenvalue weighted by Crippen LogP contribution is 2.18. The maximum absolute atomic E-state index is 12.2. The molecule has 2 N–H and O–H groups in total. The minimum absolute atomic E-state index is 0.0186. The van der Waals surface area contributed by atoms with Crippen LogP contribution in [0.25, 0.3) is 0 Å². The zero-order valence-electron chi connectivity index (χ0n) is 13.2. The molecule has 0 saturated carbocycles. The van der Waals surface area contributed by atoms with E-state index in [0.29, 0.717) is 17.4 Å². The lowest BCUT2D eigenvalue weighted by Gasteiger charge is -2.29. The topological polar surface area (TPSA) is 50.4 Å². The minimum atomic E-state index is -0.0186. The molecule has 1 aromatic rings. The summed E-state index contributed by atoms with van der Waals surface area (Å²) in [7, 11) is 0. The molecule has 1 aliphatic rings. The zero-order valence-corrected chi connectivity index (χ0v) is 13.2. The smallest absolute Gasteiger partial charge is 0.251 e. The Morgan fingerprint density at radius 3 is 3.00 bits per heavy atom. The molecule has 0 bridgehead atoms. The van der Waals surface area contributed by atoms with E-state index in [1.807, 2.05) is 32.0 Å². The first-order valence-corrected chi connectivity index (χ1v) is 7.82. The Labute approximate surface area is 127 Å². The van der Waals surface area contributed by atoms with E-state index in [9.17, 15) is 4.79 Å². The van der Waals surface area contributed by atoms with Gasteiger partial charge < -0.3 is 15.4 Å². The largest absolute Gasteiger partial charge is 0.491 e. The predicted molar refractivity (Wildman–Crippen MR) is 84.7 cm³/mol. The van der Waals surface area contributed by atoms with Crippen LogP contribution in [0.15, 0.2) is 24.3 Å². The van der Waals surface area contributed by atoms with Crippen LogP contribution in [0.5, 0.6) is 5.75 Å². The van der Waals surface area contributed by atoms with Gasteiger partial charge in [0.25, 0.3) is 5.91 Å². The number of carbonyl (C=O) groups excluding carboxylic acids is 1. The highest BCUT2D eigenvalue weighted by atomic mass is 16.5. The molecule has 4 nitrogen and oxygen atoms in total. The summed E-state index contributed by atoms with van der Waals surface area (Å²) in [5, 5.41) is 6.44. The van der Waals surface area contributed by atoms with E-state index in [4.69, 9.17) is 4.74 Å². The van der Waals surface area contributed by atoms with Gasteiger partial charge in [0.2, 0.25) is 0 Å². The number of nitrogens with one attached hydrogen (secondary N) is 2. The molecule has 2 rings (SSSR count). The van der Waals surface area contributed by atoms with Crippen molar-refractivity contribution in [2.45, 2.75) is 33.3 Å². The summed E-state index contributed by atoms with van der Waals surface area (Å²) in [6.45, 7) is 9.02. The molecule has 2 atom stereocenters. The second-order valence-corrected chi connectivity index (χ2v) is 6.13. The van der Waals surface area contributed by atoms with E-state index in [1.54, 1.807) is 6.07 Å². The lowest BCUT2D eigenvalue weighted by atomic mass is 9.88. The fourth-order valence-electron chi connectivity index (χ4n) is 2.68. The first kappa shape index (κ1) is 15.8. The lowest BCUT2D eigenvalue weighted by molar-refractivity contribution is 0.0937. The van der Waals surface area contributed by atoms with Gasteiger partial charge in [0.05, 0.1) is 6.10 Å². The van der Waals surface area contributed by atoms with Crippen molar-refractivity contribution in [3.05, 3.63) is 29.8 Å². The number of hydrogen-bond acceptors (Lipinski definition) is 3. The predicted octanol–water partition coefficient (Wildman–Crippen LogP) is 2.45. The monoisotopic (exact) mass is 290 g/mol. The number of rotatable bonds is 5. The molecule has 1 heterocycles. The Kier molecular flexibility index (Phi) is 5.62.